The summed E-state index contributed by atoms with van der Waals surface area (Å²) < 4.78 is 5.03. The number of carbonyl (C=O) groups is 3. The number of esters is 1. The fourth-order valence-electron chi connectivity index (χ4n) is 2.51. The fraction of sp³-hybridized carbons (Fsp3) is 0.200. The van der Waals surface area contributed by atoms with Crippen LogP contribution in [-0.2, 0) is 19.1 Å². The lowest BCUT2D eigenvalue weighted by Crippen LogP contribution is -2.33. The van der Waals surface area contributed by atoms with Gasteiger partial charge in [0.1, 0.15) is 5.71 Å². The molecule has 0 unspecified atom stereocenters. The Labute approximate surface area is 177 Å². The van der Waals surface area contributed by atoms with Gasteiger partial charge in [-0.15, -0.1) is 0 Å². The molecule has 3 rings (SSSR count). The monoisotopic (exact) mass is 431 g/mol. The summed E-state index contributed by atoms with van der Waals surface area (Å²) in [4.78, 5) is 37.5. The van der Waals surface area contributed by atoms with Gasteiger partial charge in [-0.2, -0.15) is 5.10 Å². The van der Waals surface area contributed by atoms with Crippen molar-refractivity contribution in [2.24, 2.45) is 5.10 Å². The molecule has 0 bridgehead atoms. The number of nitrogens with zero attached hydrogens (tertiary/aromatic N) is 2. The molecule has 1 aliphatic rings. The van der Waals surface area contributed by atoms with Gasteiger partial charge in [-0.05, 0) is 36.4 Å². The van der Waals surface area contributed by atoms with Crippen LogP contribution in [0.1, 0.15) is 12.8 Å². The summed E-state index contributed by atoms with van der Waals surface area (Å²) in [5, 5.41) is 8.37. The van der Waals surface area contributed by atoms with E-state index in [0.717, 1.165) is 14.8 Å². The van der Waals surface area contributed by atoms with Crippen molar-refractivity contribution in [2.45, 2.75) is 22.6 Å². The molecule has 150 valence electrons. The Bertz CT molecular complexity index is 962. The van der Waals surface area contributed by atoms with Crippen LogP contribution in [0.5, 0.6) is 0 Å². The van der Waals surface area contributed by atoms with Gasteiger partial charge >= 0.3 is 5.97 Å². The highest BCUT2D eigenvalue weighted by atomic mass is 35.5. The van der Waals surface area contributed by atoms with E-state index in [1.165, 1.54) is 18.8 Å². The largest absolute Gasteiger partial charge is 0.451 e. The van der Waals surface area contributed by atoms with E-state index in [1.54, 1.807) is 24.3 Å². The summed E-state index contributed by atoms with van der Waals surface area (Å²) in [6.07, 6.45) is 0.385. The number of nitrogens with one attached hydrogen (secondary N) is 1. The molecular formula is C20H18ClN3O4S. The van der Waals surface area contributed by atoms with Crippen molar-refractivity contribution in [3.63, 3.8) is 0 Å². The number of anilines is 1. The lowest BCUT2D eigenvalue weighted by molar-refractivity contribution is -0.141. The highest BCUT2D eigenvalue weighted by molar-refractivity contribution is 7.99. The summed E-state index contributed by atoms with van der Waals surface area (Å²) in [6.45, 7) is -0.449. The maximum absolute atomic E-state index is 12.2. The second kappa shape index (κ2) is 9.58. The van der Waals surface area contributed by atoms with Gasteiger partial charge < -0.3 is 10.1 Å². The lowest BCUT2D eigenvalue weighted by atomic mass is 10.2. The predicted octanol–water partition coefficient (Wildman–Crippen LogP) is 3.58. The van der Waals surface area contributed by atoms with Crippen molar-refractivity contribution < 1.29 is 19.1 Å². The zero-order valence-electron chi connectivity index (χ0n) is 15.6. The van der Waals surface area contributed by atoms with E-state index in [4.69, 9.17) is 16.3 Å². The molecule has 1 N–H and O–H groups in total. The second-order valence-electron chi connectivity index (χ2n) is 6.14. The van der Waals surface area contributed by atoms with Crippen LogP contribution in [0.25, 0.3) is 0 Å². The number of amides is 2. The number of hydrazone groups is 1. The van der Waals surface area contributed by atoms with Crippen LogP contribution in [-0.4, -0.2) is 42.2 Å². The smallest absolute Gasteiger partial charge is 0.355 e. The molecule has 0 saturated heterocycles. The average Bonchev–Trinajstić information content (AvgIpc) is 2.71. The molecule has 0 atom stereocenters. The van der Waals surface area contributed by atoms with Crippen LogP contribution in [0.2, 0.25) is 5.02 Å². The Hall–Kier alpha value is -2.84. The number of halogens is 1. The van der Waals surface area contributed by atoms with Crippen molar-refractivity contribution in [2.75, 3.05) is 19.0 Å². The fourth-order valence-corrected chi connectivity index (χ4v) is 3.53. The molecular weight excluding hydrogens is 414 g/mol. The number of rotatable bonds is 6. The minimum atomic E-state index is -0.705. The molecule has 2 aromatic rings. The Morgan fingerprint density at radius 1 is 1.17 bits per heavy atom. The lowest BCUT2D eigenvalue weighted by Gasteiger charge is -2.18. The highest BCUT2D eigenvalue weighted by Gasteiger charge is 2.23. The molecule has 7 nitrogen and oxygen atoms in total. The number of benzene rings is 2. The topological polar surface area (TPSA) is 88.1 Å². The quantitative estimate of drug-likeness (QED) is 0.706. The molecule has 0 saturated carbocycles. The van der Waals surface area contributed by atoms with Crippen molar-refractivity contribution in [3.05, 3.63) is 53.6 Å². The van der Waals surface area contributed by atoms with Crippen LogP contribution >= 0.6 is 23.4 Å². The Balaban J connectivity index is 1.58. The molecule has 2 amide bonds. The second-order valence-corrected chi connectivity index (χ2v) is 7.69. The maximum atomic E-state index is 12.2. The third-order valence-corrected chi connectivity index (χ3v) is 5.32. The van der Waals surface area contributed by atoms with Crippen LogP contribution in [0.4, 0.5) is 5.69 Å². The van der Waals surface area contributed by atoms with Gasteiger partial charge in [-0.3, -0.25) is 9.59 Å². The van der Waals surface area contributed by atoms with Crippen molar-refractivity contribution >= 4 is 52.5 Å². The van der Waals surface area contributed by atoms with Crippen LogP contribution in [0.3, 0.4) is 0 Å². The van der Waals surface area contributed by atoms with Gasteiger partial charge in [-0.1, -0.05) is 35.5 Å². The third-order valence-electron chi connectivity index (χ3n) is 3.98. The third kappa shape index (κ3) is 5.82. The van der Waals surface area contributed by atoms with Crippen LogP contribution in [0, 0.1) is 0 Å². The van der Waals surface area contributed by atoms with Crippen molar-refractivity contribution in [1.29, 1.82) is 0 Å². The molecule has 0 fully saturated rings. The Kier molecular flexibility index (Phi) is 6.90. The van der Waals surface area contributed by atoms with E-state index < -0.39 is 18.5 Å². The summed E-state index contributed by atoms with van der Waals surface area (Å²) in [7, 11) is 1.47. The van der Waals surface area contributed by atoms with E-state index in [9.17, 15) is 14.4 Å². The molecule has 9 heteroatoms. The maximum Gasteiger partial charge on any atom is 0.355 e. The van der Waals surface area contributed by atoms with E-state index >= 15 is 0 Å². The van der Waals surface area contributed by atoms with Gasteiger partial charge in [0, 0.05) is 34.7 Å². The first-order valence-electron chi connectivity index (χ1n) is 8.76. The number of hydrogen-bond donors (Lipinski definition) is 1. The standard InChI is InChI=1S/C20H18ClN3O4S/c1-24-19(26)11-10-16(23-24)20(27)28-12-18(25)22-15-4-2-3-5-17(15)29-14-8-6-13(21)7-9-14/h2-9H,10-12H2,1H3,(H,22,25). The highest BCUT2D eigenvalue weighted by Crippen LogP contribution is 2.33. The SMILES string of the molecule is CN1N=C(C(=O)OCC(=O)Nc2ccccc2Sc2ccc(Cl)cc2)CCC1=O. The van der Waals surface area contributed by atoms with E-state index in [2.05, 4.69) is 10.4 Å². The van der Waals surface area contributed by atoms with Crippen LogP contribution in [0.15, 0.2) is 63.4 Å². The average molecular weight is 432 g/mol. The van der Waals surface area contributed by atoms with Gasteiger partial charge in [0.2, 0.25) is 5.91 Å². The minimum Gasteiger partial charge on any atom is -0.451 e. The normalized spacial score (nSPS) is 13.7. The van der Waals surface area contributed by atoms with E-state index in [1.807, 2.05) is 24.3 Å². The van der Waals surface area contributed by atoms with E-state index in [0.29, 0.717) is 10.7 Å². The summed E-state index contributed by atoms with van der Waals surface area (Å²) in [5.74, 6) is -1.35. The van der Waals surface area contributed by atoms with E-state index in [-0.39, 0.29) is 24.5 Å². The summed E-state index contributed by atoms with van der Waals surface area (Å²) >= 11 is 7.39. The van der Waals surface area contributed by atoms with Gasteiger partial charge in [0.15, 0.2) is 6.61 Å². The van der Waals surface area contributed by atoms with Gasteiger partial charge in [0.25, 0.3) is 5.91 Å². The molecule has 1 aliphatic heterocycles. The first-order valence-corrected chi connectivity index (χ1v) is 9.95. The molecule has 1 heterocycles. The molecule has 29 heavy (non-hydrogen) atoms. The van der Waals surface area contributed by atoms with Gasteiger partial charge in [0.05, 0.1) is 5.69 Å². The zero-order valence-corrected chi connectivity index (χ0v) is 17.1. The Morgan fingerprint density at radius 3 is 2.62 bits per heavy atom. The Morgan fingerprint density at radius 2 is 1.90 bits per heavy atom. The van der Waals surface area contributed by atoms with Crippen molar-refractivity contribution in [1.82, 2.24) is 5.01 Å². The number of ether oxygens (including phenoxy) is 1. The molecule has 0 aromatic heterocycles. The molecule has 0 spiro atoms. The summed E-state index contributed by atoms with van der Waals surface area (Å²) in [6, 6.07) is 14.7. The molecule has 2 aromatic carbocycles. The first kappa shape index (κ1) is 20.9. The first-order chi connectivity index (χ1) is 13.9. The van der Waals surface area contributed by atoms with Crippen LogP contribution < -0.4 is 5.32 Å². The molecule has 0 aliphatic carbocycles. The number of carbonyl (C=O) groups excluding carboxylic acids is 3. The van der Waals surface area contributed by atoms with Gasteiger partial charge in [-0.25, -0.2) is 9.80 Å². The summed E-state index contributed by atoms with van der Waals surface area (Å²) in [5.41, 5.74) is 0.729. The number of hydrogen-bond acceptors (Lipinski definition) is 6. The molecule has 0 radical (unpaired) electrons. The minimum absolute atomic E-state index is 0.124. The zero-order chi connectivity index (χ0) is 20.8. The van der Waals surface area contributed by atoms with Crippen molar-refractivity contribution in [3.8, 4) is 0 Å². The predicted molar refractivity (Wildman–Crippen MR) is 111 cm³/mol. The number of para-hydroxylation sites is 1.